The lowest BCUT2D eigenvalue weighted by Crippen LogP contribution is -2.32. The zero-order chi connectivity index (χ0) is 15.1. The Bertz CT molecular complexity index is 449. The van der Waals surface area contributed by atoms with Crippen molar-refractivity contribution in [2.45, 2.75) is 26.7 Å². The van der Waals surface area contributed by atoms with E-state index >= 15 is 0 Å². The van der Waals surface area contributed by atoms with Gasteiger partial charge < -0.3 is 10.4 Å². The van der Waals surface area contributed by atoms with Crippen molar-refractivity contribution in [3.8, 4) is 0 Å². The van der Waals surface area contributed by atoms with Crippen LogP contribution in [0.4, 0.5) is 8.78 Å². The van der Waals surface area contributed by atoms with Crippen molar-refractivity contribution in [1.82, 2.24) is 5.32 Å². The van der Waals surface area contributed by atoms with Gasteiger partial charge in [0.1, 0.15) is 11.6 Å². The van der Waals surface area contributed by atoms with Crippen LogP contribution < -0.4 is 5.32 Å². The summed E-state index contributed by atoms with van der Waals surface area (Å²) in [6, 6.07) is 3.24. The van der Waals surface area contributed by atoms with Crippen LogP contribution in [0.2, 0.25) is 0 Å². The quantitative estimate of drug-likeness (QED) is 0.807. The highest BCUT2D eigenvalue weighted by atomic mass is 19.1. The van der Waals surface area contributed by atoms with Gasteiger partial charge in [-0.05, 0) is 36.1 Å². The van der Waals surface area contributed by atoms with Gasteiger partial charge in [0, 0.05) is 25.5 Å². The molecule has 3 nitrogen and oxygen atoms in total. The third kappa shape index (κ3) is 5.65. The summed E-state index contributed by atoms with van der Waals surface area (Å²) in [5, 5.41) is 12.0. The van der Waals surface area contributed by atoms with Crippen LogP contribution in [-0.2, 0) is 11.2 Å². The molecule has 2 N–H and O–H groups in total. The molecule has 0 saturated carbocycles. The van der Waals surface area contributed by atoms with Crippen LogP contribution in [0, 0.1) is 23.5 Å². The largest absolute Gasteiger partial charge is 0.396 e. The molecular weight excluding hydrogens is 264 g/mol. The molecule has 0 fully saturated rings. The van der Waals surface area contributed by atoms with Crippen LogP contribution in [0.5, 0.6) is 0 Å². The molecular formula is C15H21F2NO2. The van der Waals surface area contributed by atoms with Crippen molar-refractivity contribution >= 4 is 5.91 Å². The number of benzene rings is 1. The summed E-state index contributed by atoms with van der Waals surface area (Å²) in [5.41, 5.74) is 0.210. The molecule has 0 radical (unpaired) electrons. The number of nitrogens with one attached hydrogen (secondary N) is 1. The molecule has 1 rings (SSSR count). The molecule has 0 bridgehead atoms. The fourth-order valence-electron chi connectivity index (χ4n) is 1.91. The average Bonchev–Trinajstić information content (AvgIpc) is 2.37. The minimum absolute atomic E-state index is 0.0989. The molecule has 0 aliphatic rings. The van der Waals surface area contributed by atoms with Crippen LogP contribution in [0.3, 0.4) is 0 Å². The third-order valence-electron chi connectivity index (χ3n) is 2.96. The Morgan fingerprint density at radius 3 is 2.65 bits per heavy atom. The van der Waals surface area contributed by atoms with E-state index in [-0.39, 0.29) is 42.9 Å². The molecule has 0 aromatic heterocycles. The Labute approximate surface area is 118 Å². The van der Waals surface area contributed by atoms with Gasteiger partial charge in [0.2, 0.25) is 5.91 Å². The van der Waals surface area contributed by atoms with E-state index in [0.29, 0.717) is 6.42 Å². The third-order valence-corrected chi connectivity index (χ3v) is 2.96. The predicted octanol–water partition coefficient (Wildman–Crippen LogP) is 2.28. The maximum atomic E-state index is 13.5. The lowest BCUT2D eigenvalue weighted by atomic mass is 9.99. The number of aliphatic hydroxyl groups excluding tert-OH is 1. The monoisotopic (exact) mass is 285 g/mol. The molecule has 0 saturated heterocycles. The first-order valence-corrected chi connectivity index (χ1v) is 6.73. The molecule has 0 aliphatic carbocycles. The van der Waals surface area contributed by atoms with E-state index in [4.69, 9.17) is 0 Å². The molecule has 20 heavy (non-hydrogen) atoms. The van der Waals surface area contributed by atoms with E-state index in [1.807, 2.05) is 13.8 Å². The van der Waals surface area contributed by atoms with Crippen molar-refractivity contribution < 1.29 is 18.7 Å². The summed E-state index contributed by atoms with van der Waals surface area (Å²) in [6.07, 6.45) is 0.592. The fraction of sp³-hybridized carbons (Fsp3) is 0.533. The molecule has 0 aliphatic heterocycles. The highest BCUT2D eigenvalue weighted by Gasteiger charge is 2.14. The Balaban J connectivity index is 2.55. The standard InChI is InChI=1S/C15H21F2NO2/c1-10(2)5-15(20)18-8-11(9-19)6-12-7-13(16)3-4-14(12)17/h3-4,7,10-11,19H,5-6,8-9H2,1-2H3,(H,18,20)/t11-/m0/s1. The number of rotatable bonds is 7. The molecule has 5 heteroatoms. The van der Waals surface area contributed by atoms with E-state index < -0.39 is 11.6 Å². The van der Waals surface area contributed by atoms with Crippen LogP contribution in [-0.4, -0.2) is 24.2 Å². The van der Waals surface area contributed by atoms with Gasteiger partial charge in [-0.3, -0.25) is 4.79 Å². The first-order valence-electron chi connectivity index (χ1n) is 6.73. The van der Waals surface area contributed by atoms with E-state index in [1.54, 1.807) is 0 Å². The van der Waals surface area contributed by atoms with E-state index in [0.717, 1.165) is 18.2 Å². The smallest absolute Gasteiger partial charge is 0.220 e. The first kappa shape index (κ1) is 16.6. The zero-order valence-electron chi connectivity index (χ0n) is 11.8. The van der Waals surface area contributed by atoms with Gasteiger partial charge in [0.25, 0.3) is 0 Å². The minimum atomic E-state index is -0.512. The second-order valence-corrected chi connectivity index (χ2v) is 5.39. The summed E-state index contributed by atoms with van der Waals surface area (Å²) in [6.45, 7) is 3.92. The molecule has 1 aromatic rings. The van der Waals surface area contributed by atoms with Crippen LogP contribution in [0.15, 0.2) is 18.2 Å². The fourth-order valence-corrected chi connectivity index (χ4v) is 1.91. The zero-order valence-corrected chi connectivity index (χ0v) is 11.8. The second kappa shape index (κ2) is 7.94. The minimum Gasteiger partial charge on any atom is -0.396 e. The summed E-state index contributed by atoms with van der Waals surface area (Å²) in [7, 11) is 0. The molecule has 0 heterocycles. The van der Waals surface area contributed by atoms with Gasteiger partial charge in [-0.1, -0.05) is 13.8 Å². The van der Waals surface area contributed by atoms with Gasteiger partial charge >= 0.3 is 0 Å². The van der Waals surface area contributed by atoms with E-state index in [1.165, 1.54) is 0 Å². The molecule has 1 atom stereocenters. The SMILES string of the molecule is CC(C)CC(=O)NC[C@@H](CO)Cc1cc(F)ccc1F. The maximum Gasteiger partial charge on any atom is 0.220 e. The van der Waals surface area contributed by atoms with Gasteiger partial charge in [0.05, 0.1) is 0 Å². The van der Waals surface area contributed by atoms with Crippen LogP contribution >= 0.6 is 0 Å². The Kier molecular flexibility index (Phi) is 6.58. The van der Waals surface area contributed by atoms with Crippen molar-refractivity contribution in [3.05, 3.63) is 35.4 Å². The molecule has 0 spiro atoms. The number of carbonyl (C=O) groups excluding carboxylic acids is 1. The molecule has 1 aromatic carbocycles. The van der Waals surface area contributed by atoms with Gasteiger partial charge in [-0.15, -0.1) is 0 Å². The van der Waals surface area contributed by atoms with Gasteiger partial charge in [-0.2, -0.15) is 0 Å². The number of amides is 1. The maximum absolute atomic E-state index is 13.5. The molecule has 112 valence electrons. The number of hydrogen-bond donors (Lipinski definition) is 2. The Morgan fingerprint density at radius 2 is 2.05 bits per heavy atom. The topological polar surface area (TPSA) is 49.3 Å². The van der Waals surface area contributed by atoms with E-state index in [2.05, 4.69) is 5.32 Å². The molecule has 0 unspecified atom stereocenters. The van der Waals surface area contributed by atoms with Crippen LogP contribution in [0.25, 0.3) is 0 Å². The van der Waals surface area contributed by atoms with Gasteiger partial charge in [-0.25, -0.2) is 8.78 Å². The molecule has 1 amide bonds. The lowest BCUT2D eigenvalue weighted by Gasteiger charge is -2.16. The summed E-state index contributed by atoms with van der Waals surface area (Å²) in [4.78, 5) is 11.5. The Hall–Kier alpha value is -1.49. The first-order chi connectivity index (χ1) is 9.42. The highest BCUT2D eigenvalue weighted by Crippen LogP contribution is 2.14. The van der Waals surface area contributed by atoms with Gasteiger partial charge in [0.15, 0.2) is 0 Å². The average molecular weight is 285 g/mol. The number of carbonyl (C=O) groups is 1. The number of halogens is 2. The number of aliphatic hydroxyl groups is 1. The summed E-state index contributed by atoms with van der Waals surface area (Å²) < 4.78 is 26.6. The lowest BCUT2D eigenvalue weighted by molar-refractivity contribution is -0.122. The predicted molar refractivity (Wildman–Crippen MR) is 73.1 cm³/mol. The number of hydrogen-bond acceptors (Lipinski definition) is 2. The summed E-state index contributed by atoms with van der Waals surface area (Å²) in [5.74, 6) is -1.19. The summed E-state index contributed by atoms with van der Waals surface area (Å²) >= 11 is 0. The Morgan fingerprint density at radius 1 is 1.35 bits per heavy atom. The normalized spacial score (nSPS) is 12.5. The van der Waals surface area contributed by atoms with Crippen molar-refractivity contribution in [2.24, 2.45) is 11.8 Å². The van der Waals surface area contributed by atoms with Crippen LogP contribution in [0.1, 0.15) is 25.8 Å². The van der Waals surface area contributed by atoms with Crippen molar-refractivity contribution in [3.63, 3.8) is 0 Å². The van der Waals surface area contributed by atoms with E-state index in [9.17, 15) is 18.7 Å². The van der Waals surface area contributed by atoms with Crippen molar-refractivity contribution in [2.75, 3.05) is 13.2 Å². The second-order valence-electron chi connectivity index (χ2n) is 5.39. The van der Waals surface area contributed by atoms with Crippen molar-refractivity contribution in [1.29, 1.82) is 0 Å². The highest BCUT2D eigenvalue weighted by molar-refractivity contribution is 5.76.